The number of phenolic OH excluding ortho intramolecular Hbond substituents is 2. The van der Waals surface area contributed by atoms with Crippen molar-refractivity contribution in [2.45, 2.75) is 43.0 Å². The third-order valence-electron chi connectivity index (χ3n) is 6.24. The molecule has 0 saturated carbocycles. The van der Waals surface area contributed by atoms with E-state index in [-0.39, 0.29) is 33.9 Å². The predicted octanol–water partition coefficient (Wildman–Crippen LogP) is -1.20. The molecule has 34 heavy (non-hydrogen) atoms. The minimum atomic E-state index is -1.67. The van der Waals surface area contributed by atoms with Gasteiger partial charge in [0.25, 0.3) is 0 Å². The van der Waals surface area contributed by atoms with Gasteiger partial charge in [-0.3, -0.25) is 9.79 Å². The van der Waals surface area contributed by atoms with Crippen molar-refractivity contribution in [3.63, 3.8) is 0 Å². The van der Waals surface area contributed by atoms with E-state index in [0.29, 0.717) is 11.1 Å². The summed E-state index contributed by atoms with van der Waals surface area (Å²) in [5, 5.41) is 81.5. The SMILES string of the molecule is O=C(O)CN=C1c2c(O)cccc2C([C@@H]2O[C@H](CO)[C@@H](O)[C@H](O)[C@H]2O)c2cc(CO)cc(O)c21. The zero-order valence-corrected chi connectivity index (χ0v) is 17.8. The van der Waals surface area contributed by atoms with E-state index in [4.69, 9.17) is 9.84 Å². The van der Waals surface area contributed by atoms with Gasteiger partial charge in [0, 0.05) is 17.0 Å². The molecule has 182 valence electrons. The summed E-state index contributed by atoms with van der Waals surface area (Å²) in [6, 6.07) is 7.24. The number of hydrogen-bond donors (Lipinski definition) is 8. The zero-order chi connectivity index (χ0) is 24.7. The Labute approximate surface area is 193 Å². The zero-order valence-electron chi connectivity index (χ0n) is 17.8. The first kappa shape index (κ1) is 24.1. The van der Waals surface area contributed by atoms with E-state index in [1.54, 1.807) is 6.07 Å². The van der Waals surface area contributed by atoms with Crippen molar-refractivity contribution < 1.29 is 50.4 Å². The summed E-state index contributed by atoms with van der Waals surface area (Å²) in [4.78, 5) is 15.3. The summed E-state index contributed by atoms with van der Waals surface area (Å²) >= 11 is 0. The lowest BCUT2D eigenvalue weighted by molar-refractivity contribution is -0.232. The monoisotopic (exact) mass is 475 g/mol. The Bertz CT molecular complexity index is 1130. The molecule has 6 atom stereocenters. The Kier molecular flexibility index (Phi) is 6.58. The lowest BCUT2D eigenvalue weighted by atomic mass is 9.71. The molecule has 0 bridgehead atoms. The molecule has 2 aliphatic rings. The number of benzene rings is 2. The Morgan fingerprint density at radius 2 is 1.65 bits per heavy atom. The lowest BCUT2D eigenvalue weighted by Crippen LogP contribution is -2.60. The molecule has 0 spiro atoms. The molecule has 0 aromatic heterocycles. The minimum absolute atomic E-state index is 0.00618. The van der Waals surface area contributed by atoms with Crippen LogP contribution in [0.4, 0.5) is 0 Å². The number of phenols is 2. The summed E-state index contributed by atoms with van der Waals surface area (Å²) in [6.45, 7) is -1.76. The van der Waals surface area contributed by atoms with E-state index >= 15 is 0 Å². The first-order valence-corrected chi connectivity index (χ1v) is 10.6. The first-order valence-electron chi connectivity index (χ1n) is 10.6. The maximum Gasteiger partial charge on any atom is 0.325 e. The van der Waals surface area contributed by atoms with Gasteiger partial charge in [-0.2, -0.15) is 0 Å². The molecule has 11 heteroatoms. The number of hydrogen-bond acceptors (Lipinski definition) is 10. The van der Waals surface area contributed by atoms with Gasteiger partial charge in [0.05, 0.1) is 25.0 Å². The average molecular weight is 475 g/mol. The summed E-state index contributed by atoms with van der Waals surface area (Å²) < 4.78 is 5.80. The molecule has 8 N–H and O–H groups in total. The molecule has 1 saturated heterocycles. The number of nitrogens with zero attached hydrogens (tertiary/aromatic N) is 1. The van der Waals surface area contributed by atoms with Gasteiger partial charge in [0.2, 0.25) is 0 Å². The fourth-order valence-electron chi connectivity index (χ4n) is 4.74. The third-order valence-corrected chi connectivity index (χ3v) is 6.24. The van der Waals surface area contributed by atoms with Crippen molar-refractivity contribution in [1.29, 1.82) is 0 Å². The second-order valence-corrected chi connectivity index (χ2v) is 8.31. The number of fused-ring (bicyclic) bond motifs is 2. The van der Waals surface area contributed by atoms with E-state index in [9.17, 15) is 40.5 Å². The van der Waals surface area contributed by atoms with Crippen molar-refractivity contribution in [3.8, 4) is 11.5 Å². The molecule has 2 aromatic carbocycles. The highest BCUT2D eigenvalue weighted by molar-refractivity contribution is 6.19. The summed E-state index contributed by atoms with van der Waals surface area (Å²) in [6.07, 6.45) is -7.36. The van der Waals surface area contributed by atoms with Crippen LogP contribution in [0.25, 0.3) is 0 Å². The van der Waals surface area contributed by atoms with Gasteiger partial charge in [-0.1, -0.05) is 18.2 Å². The summed E-state index contributed by atoms with van der Waals surface area (Å²) in [5.41, 5.74) is 1.09. The summed E-state index contributed by atoms with van der Waals surface area (Å²) in [7, 11) is 0. The largest absolute Gasteiger partial charge is 0.507 e. The molecule has 1 heterocycles. The molecule has 4 rings (SSSR count). The first-order chi connectivity index (χ1) is 16.2. The van der Waals surface area contributed by atoms with Crippen LogP contribution >= 0.6 is 0 Å². The van der Waals surface area contributed by atoms with Crippen LogP contribution < -0.4 is 0 Å². The number of aliphatic hydroxyl groups excluding tert-OH is 5. The highest BCUT2D eigenvalue weighted by atomic mass is 16.5. The molecule has 1 fully saturated rings. The number of aliphatic imine (C=N–C) groups is 1. The number of rotatable bonds is 5. The number of carboxylic acids is 1. The van der Waals surface area contributed by atoms with Gasteiger partial charge >= 0.3 is 5.97 Å². The Morgan fingerprint density at radius 1 is 0.941 bits per heavy atom. The van der Waals surface area contributed by atoms with E-state index < -0.39 is 62.2 Å². The van der Waals surface area contributed by atoms with Crippen LogP contribution in [0.15, 0.2) is 35.3 Å². The van der Waals surface area contributed by atoms with Crippen molar-refractivity contribution in [1.82, 2.24) is 0 Å². The van der Waals surface area contributed by atoms with Crippen molar-refractivity contribution in [2.24, 2.45) is 4.99 Å². The van der Waals surface area contributed by atoms with E-state index in [2.05, 4.69) is 4.99 Å². The highest BCUT2D eigenvalue weighted by Crippen LogP contribution is 2.48. The normalized spacial score (nSPS) is 29.5. The Hall–Kier alpha value is -3.06. The second kappa shape index (κ2) is 9.29. The number of aliphatic carboxylic acids is 1. The van der Waals surface area contributed by atoms with Crippen LogP contribution in [0.2, 0.25) is 0 Å². The van der Waals surface area contributed by atoms with Crippen LogP contribution in [0, 0.1) is 0 Å². The molecule has 2 aromatic rings. The van der Waals surface area contributed by atoms with Crippen LogP contribution in [0.5, 0.6) is 11.5 Å². The van der Waals surface area contributed by atoms with Crippen molar-refractivity contribution >= 4 is 11.7 Å². The standard InChI is InChI=1S/C23H25NO10/c25-7-9-4-11-16(23-22(33)21(32)20(31)14(8-26)34-23)10-2-1-3-12(27)17(10)19(24-6-15(29)30)18(11)13(28)5-9/h1-5,14,16,20-23,25-28,31-33H,6-8H2,(H,29,30)/t14-,16?,20-,21+,22-,23+/m1/s1. The predicted molar refractivity (Wildman–Crippen MR) is 116 cm³/mol. The second-order valence-electron chi connectivity index (χ2n) is 8.31. The van der Waals surface area contributed by atoms with Gasteiger partial charge < -0.3 is 45.6 Å². The smallest absolute Gasteiger partial charge is 0.325 e. The maximum absolute atomic E-state index is 11.2. The topological polar surface area (TPSA) is 200 Å². The van der Waals surface area contributed by atoms with Crippen LogP contribution in [-0.2, 0) is 16.1 Å². The maximum atomic E-state index is 11.2. The Balaban J connectivity index is 2.00. The molecule has 0 radical (unpaired) electrons. The minimum Gasteiger partial charge on any atom is -0.507 e. The quantitative estimate of drug-likeness (QED) is 0.260. The molecular weight excluding hydrogens is 450 g/mol. The van der Waals surface area contributed by atoms with Gasteiger partial charge in [-0.15, -0.1) is 0 Å². The third kappa shape index (κ3) is 3.92. The van der Waals surface area contributed by atoms with Crippen molar-refractivity contribution in [3.05, 3.63) is 58.1 Å². The van der Waals surface area contributed by atoms with Crippen molar-refractivity contribution in [2.75, 3.05) is 13.2 Å². The van der Waals surface area contributed by atoms with E-state index in [0.717, 1.165) is 0 Å². The molecule has 1 aliphatic heterocycles. The number of ether oxygens (including phenoxy) is 1. The molecule has 0 amide bonds. The van der Waals surface area contributed by atoms with Crippen LogP contribution in [0.1, 0.15) is 33.7 Å². The lowest BCUT2D eigenvalue weighted by Gasteiger charge is -2.45. The van der Waals surface area contributed by atoms with Gasteiger partial charge in [0.1, 0.15) is 42.5 Å². The van der Waals surface area contributed by atoms with Gasteiger partial charge in [-0.05, 0) is 28.8 Å². The Morgan fingerprint density at radius 3 is 2.29 bits per heavy atom. The number of aromatic hydroxyl groups is 2. The fourth-order valence-corrected chi connectivity index (χ4v) is 4.74. The summed E-state index contributed by atoms with van der Waals surface area (Å²) in [5.74, 6) is -2.83. The number of carbonyl (C=O) groups is 1. The van der Waals surface area contributed by atoms with Gasteiger partial charge in [-0.25, -0.2) is 0 Å². The van der Waals surface area contributed by atoms with Crippen LogP contribution in [0.3, 0.4) is 0 Å². The molecular formula is C23H25NO10. The van der Waals surface area contributed by atoms with Crippen LogP contribution in [-0.4, -0.2) is 96.2 Å². The number of aliphatic hydroxyl groups is 5. The van der Waals surface area contributed by atoms with E-state index in [1.807, 2.05) is 0 Å². The number of carboxylic acid groups (broad SMARTS) is 1. The molecule has 1 aliphatic carbocycles. The average Bonchev–Trinajstić information content (AvgIpc) is 2.81. The van der Waals surface area contributed by atoms with Gasteiger partial charge in [0.15, 0.2) is 0 Å². The molecule has 1 unspecified atom stereocenters. The molecule has 11 nitrogen and oxygen atoms in total. The van der Waals surface area contributed by atoms with E-state index in [1.165, 1.54) is 24.3 Å². The fraction of sp³-hybridized carbons (Fsp3) is 0.391. The highest BCUT2D eigenvalue weighted by Gasteiger charge is 2.49.